The van der Waals surface area contributed by atoms with Gasteiger partial charge >= 0.3 is 0 Å². The molecule has 0 bridgehead atoms. The van der Waals surface area contributed by atoms with Crippen molar-refractivity contribution >= 4 is 5.91 Å². The molecule has 1 N–H and O–H groups in total. The molecule has 0 aliphatic carbocycles. The van der Waals surface area contributed by atoms with Crippen molar-refractivity contribution < 1.29 is 9.90 Å². The molecule has 0 aromatic carbocycles. The van der Waals surface area contributed by atoms with Gasteiger partial charge in [-0.25, -0.2) is 4.68 Å². The topological polar surface area (TPSA) is 75.4 Å². The molecule has 0 unspecified atom stereocenters. The molecule has 0 aliphatic heterocycles. The molecule has 0 atom stereocenters. The van der Waals surface area contributed by atoms with E-state index in [1.807, 2.05) is 6.92 Å². The van der Waals surface area contributed by atoms with Crippen LogP contribution in [0.3, 0.4) is 0 Å². The van der Waals surface area contributed by atoms with E-state index in [1.54, 1.807) is 6.92 Å². The predicted octanol–water partition coefficient (Wildman–Crippen LogP) is 0.108. The van der Waals surface area contributed by atoms with E-state index in [0.29, 0.717) is 13.1 Å². The van der Waals surface area contributed by atoms with E-state index < -0.39 is 0 Å². The van der Waals surface area contributed by atoms with Crippen LogP contribution in [0.15, 0.2) is 16.9 Å². The number of hydrogen-bond acceptors (Lipinski definition) is 4. The minimum atomic E-state index is -0.256. The second kappa shape index (κ2) is 6.90. The first-order valence-electron chi connectivity index (χ1n) is 6.12. The van der Waals surface area contributed by atoms with Crippen molar-refractivity contribution in [2.45, 2.75) is 26.8 Å². The predicted molar refractivity (Wildman–Crippen MR) is 67.5 cm³/mol. The first-order valence-corrected chi connectivity index (χ1v) is 6.12. The zero-order chi connectivity index (χ0) is 13.5. The van der Waals surface area contributed by atoms with Gasteiger partial charge < -0.3 is 10.0 Å². The standard InChI is InChI=1S/C12H19N3O3/c1-3-7-14(8-9-16)12(18)10-5-6-11(17)15(4-2)13-10/h5-6,16H,3-4,7-9H2,1-2H3. The third-order valence-electron chi connectivity index (χ3n) is 2.54. The lowest BCUT2D eigenvalue weighted by atomic mass is 10.3. The van der Waals surface area contributed by atoms with Crippen molar-refractivity contribution in [2.24, 2.45) is 0 Å². The summed E-state index contributed by atoms with van der Waals surface area (Å²) in [7, 11) is 0. The number of carbonyl (C=O) groups excluding carboxylic acids is 1. The molecule has 1 rings (SSSR count). The highest BCUT2D eigenvalue weighted by molar-refractivity contribution is 5.92. The molecule has 0 fully saturated rings. The summed E-state index contributed by atoms with van der Waals surface area (Å²) >= 11 is 0. The van der Waals surface area contributed by atoms with Gasteiger partial charge in [0.15, 0.2) is 0 Å². The Balaban J connectivity index is 2.97. The number of aryl methyl sites for hydroxylation is 1. The second-order valence-electron chi connectivity index (χ2n) is 3.89. The molecule has 6 nitrogen and oxygen atoms in total. The minimum Gasteiger partial charge on any atom is -0.395 e. The van der Waals surface area contributed by atoms with Crippen molar-refractivity contribution in [1.82, 2.24) is 14.7 Å². The highest BCUT2D eigenvalue weighted by Gasteiger charge is 2.16. The van der Waals surface area contributed by atoms with Gasteiger partial charge in [0.05, 0.1) is 6.61 Å². The molecular formula is C12H19N3O3. The molecule has 1 aromatic heterocycles. The fourth-order valence-corrected chi connectivity index (χ4v) is 1.66. The Morgan fingerprint density at radius 3 is 2.67 bits per heavy atom. The van der Waals surface area contributed by atoms with Crippen LogP contribution in [0.4, 0.5) is 0 Å². The van der Waals surface area contributed by atoms with Gasteiger partial charge in [0.2, 0.25) is 0 Å². The number of hydrogen-bond donors (Lipinski definition) is 1. The summed E-state index contributed by atoms with van der Waals surface area (Å²) in [6, 6.07) is 2.77. The first kappa shape index (κ1) is 14.4. The number of nitrogens with zero attached hydrogens (tertiary/aromatic N) is 3. The van der Waals surface area contributed by atoms with Crippen molar-refractivity contribution in [3.8, 4) is 0 Å². The van der Waals surface area contributed by atoms with Crippen LogP contribution in [0.1, 0.15) is 30.8 Å². The maximum atomic E-state index is 12.1. The van der Waals surface area contributed by atoms with Gasteiger partial charge in [-0.15, -0.1) is 0 Å². The van der Waals surface area contributed by atoms with Crippen LogP contribution in [-0.2, 0) is 6.54 Å². The lowest BCUT2D eigenvalue weighted by molar-refractivity contribution is 0.0713. The van der Waals surface area contributed by atoms with E-state index in [4.69, 9.17) is 5.11 Å². The first-order chi connectivity index (χ1) is 8.63. The zero-order valence-corrected chi connectivity index (χ0v) is 10.8. The van der Waals surface area contributed by atoms with Crippen molar-refractivity contribution in [3.63, 3.8) is 0 Å². The van der Waals surface area contributed by atoms with Crippen LogP contribution >= 0.6 is 0 Å². The Bertz CT molecular complexity index is 450. The fraction of sp³-hybridized carbons (Fsp3) is 0.583. The third kappa shape index (κ3) is 3.40. The number of aliphatic hydroxyl groups is 1. The Labute approximate surface area is 106 Å². The quantitative estimate of drug-likeness (QED) is 0.780. The van der Waals surface area contributed by atoms with Gasteiger partial charge in [0.1, 0.15) is 5.69 Å². The molecule has 18 heavy (non-hydrogen) atoms. The summed E-state index contributed by atoms with van der Waals surface area (Å²) in [6.45, 7) is 4.93. The largest absolute Gasteiger partial charge is 0.395 e. The number of carbonyl (C=O) groups is 1. The van der Waals surface area contributed by atoms with Crippen LogP contribution in [-0.4, -0.2) is 45.4 Å². The smallest absolute Gasteiger partial charge is 0.274 e. The number of rotatable bonds is 6. The Morgan fingerprint density at radius 2 is 2.11 bits per heavy atom. The van der Waals surface area contributed by atoms with Gasteiger partial charge in [-0.2, -0.15) is 5.10 Å². The van der Waals surface area contributed by atoms with Gasteiger partial charge in [0.25, 0.3) is 11.5 Å². The van der Waals surface area contributed by atoms with E-state index >= 15 is 0 Å². The van der Waals surface area contributed by atoms with Gasteiger partial charge in [0, 0.05) is 25.7 Å². The van der Waals surface area contributed by atoms with Crippen LogP contribution in [0, 0.1) is 0 Å². The monoisotopic (exact) mass is 253 g/mol. The molecule has 0 saturated heterocycles. The summed E-state index contributed by atoms with van der Waals surface area (Å²) in [5, 5.41) is 12.9. The molecule has 0 aliphatic rings. The van der Waals surface area contributed by atoms with Gasteiger partial charge in [-0.1, -0.05) is 6.92 Å². The lowest BCUT2D eigenvalue weighted by Gasteiger charge is -2.20. The van der Waals surface area contributed by atoms with Crippen LogP contribution < -0.4 is 5.56 Å². The van der Waals surface area contributed by atoms with Gasteiger partial charge in [-0.05, 0) is 19.4 Å². The van der Waals surface area contributed by atoms with E-state index in [9.17, 15) is 9.59 Å². The highest BCUT2D eigenvalue weighted by atomic mass is 16.3. The third-order valence-corrected chi connectivity index (χ3v) is 2.54. The molecule has 1 aromatic rings. The van der Waals surface area contributed by atoms with Crippen LogP contribution in [0.25, 0.3) is 0 Å². The van der Waals surface area contributed by atoms with Crippen LogP contribution in [0.5, 0.6) is 0 Å². The highest BCUT2D eigenvalue weighted by Crippen LogP contribution is 2.01. The molecule has 0 saturated carbocycles. The minimum absolute atomic E-state index is 0.0842. The molecule has 0 spiro atoms. The second-order valence-corrected chi connectivity index (χ2v) is 3.89. The number of aromatic nitrogens is 2. The van der Waals surface area contributed by atoms with Crippen molar-refractivity contribution in [2.75, 3.05) is 19.7 Å². The SMILES string of the molecule is CCCN(CCO)C(=O)c1ccc(=O)n(CC)n1. The Hall–Kier alpha value is -1.69. The summed E-state index contributed by atoms with van der Waals surface area (Å²) in [5.74, 6) is -0.256. The van der Waals surface area contributed by atoms with Gasteiger partial charge in [-0.3, -0.25) is 9.59 Å². The molecule has 1 amide bonds. The van der Waals surface area contributed by atoms with E-state index in [1.165, 1.54) is 21.7 Å². The lowest BCUT2D eigenvalue weighted by Crippen LogP contribution is -2.36. The summed E-state index contributed by atoms with van der Waals surface area (Å²) in [6.07, 6.45) is 0.805. The summed E-state index contributed by atoms with van der Waals surface area (Å²) in [4.78, 5) is 25.1. The van der Waals surface area contributed by atoms with E-state index in [0.717, 1.165) is 6.42 Å². The van der Waals surface area contributed by atoms with E-state index in [2.05, 4.69) is 5.10 Å². The molecule has 6 heteroatoms. The normalized spacial score (nSPS) is 10.4. The average Bonchev–Trinajstić information content (AvgIpc) is 2.38. The molecule has 0 radical (unpaired) electrons. The van der Waals surface area contributed by atoms with E-state index in [-0.39, 0.29) is 30.3 Å². The number of amides is 1. The summed E-state index contributed by atoms with van der Waals surface area (Å²) < 4.78 is 1.25. The zero-order valence-electron chi connectivity index (χ0n) is 10.8. The fourth-order valence-electron chi connectivity index (χ4n) is 1.66. The molecule has 100 valence electrons. The molecule has 1 heterocycles. The summed E-state index contributed by atoms with van der Waals surface area (Å²) in [5.41, 5.74) is 0.0107. The Kier molecular flexibility index (Phi) is 5.51. The van der Waals surface area contributed by atoms with Crippen molar-refractivity contribution in [3.05, 3.63) is 28.2 Å². The van der Waals surface area contributed by atoms with Crippen LogP contribution in [0.2, 0.25) is 0 Å². The average molecular weight is 253 g/mol. The maximum absolute atomic E-state index is 12.1. The maximum Gasteiger partial charge on any atom is 0.274 e. The molecular weight excluding hydrogens is 234 g/mol. The number of aliphatic hydroxyl groups excluding tert-OH is 1. The van der Waals surface area contributed by atoms with Crippen molar-refractivity contribution in [1.29, 1.82) is 0 Å². The Morgan fingerprint density at radius 1 is 1.39 bits per heavy atom.